The first-order valence-electron chi connectivity index (χ1n) is 4.88. The van der Waals surface area contributed by atoms with E-state index < -0.39 is 0 Å². The fraction of sp³-hybridized carbons (Fsp3) is 0.100. The van der Waals surface area contributed by atoms with E-state index in [-0.39, 0.29) is 5.91 Å². The SMILES string of the molecule is NN1CN(P)C(=O)c2c1[nH]c1ccccc21. The molecule has 1 unspecified atom stereocenters. The molecule has 5 nitrogen and oxygen atoms in total. The van der Waals surface area contributed by atoms with Crippen molar-refractivity contribution < 1.29 is 4.79 Å². The first-order valence-corrected chi connectivity index (χ1v) is 5.39. The van der Waals surface area contributed by atoms with Gasteiger partial charge in [0.15, 0.2) is 0 Å². The van der Waals surface area contributed by atoms with Gasteiger partial charge in [0.2, 0.25) is 0 Å². The van der Waals surface area contributed by atoms with Crippen molar-refractivity contribution in [3.05, 3.63) is 29.8 Å². The van der Waals surface area contributed by atoms with Crippen molar-refractivity contribution in [2.45, 2.75) is 0 Å². The predicted molar refractivity (Wildman–Crippen MR) is 65.7 cm³/mol. The van der Waals surface area contributed by atoms with Crippen molar-refractivity contribution in [3.63, 3.8) is 0 Å². The van der Waals surface area contributed by atoms with Crippen molar-refractivity contribution in [1.29, 1.82) is 0 Å². The van der Waals surface area contributed by atoms with Crippen molar-refractivity contribution in [2.75, 3.05) is 11.7 Å². The molecule has 1 amide bonds. The Balaban J connectivity index is 2.35. The van der Waals surface area contributed by atoms with Gasteiger partial charge in [-0.25, -0.2) is 5.84 Å². The number of hydrazine groups is 1. The highest BCUT2D eigenvalue weighted by Crippen LogP contribution is 2.32. The van der Waals surface area contributed by atoms with Crippen LogP contribution in [0.1, 0.15) is 10.4 Å². The molecular weight excluding hydrogens is 223 g/mol. The molecule has 1 aliphatic heterocycles. The van der Waals surface area contributed by atoms with Gasteiger partial charge in [0.1, 0.15) is 12.5 Å². The van der Waals surface area contributed by atoms with Gasteiger partial charge in [0.05, 0.1) is 5.56 Å². The molecule has 0 aliphatic carbocycles. The van der Waals surface area contributed by atoms with Crippen molar-refractivity contribution in [2.24, 2.45) is 5.84 Å². The average Bonchev–Trinajstić information content (AvgIpc) is 2.66. The number of para-hydroxylation sites is 1. The predicted octanol–water partition coefficient (Wildman–Crippen LogP) is 1.05. The second-order valence-electron chi connectivity index (χ2n) is 3.78. The summed E-state index contributed by atoms with van der Waals surface area (Å²) >= 11 is 0. The summed E-state index contributed by atoms with van der Waals surface area (Å²) in [5.74, 6) is 6.51. The molecule has 6 heteroatoms. The van der Waals surface area contributed by atoms with Gasteiger partial charge < -0.3 is 9.65 Å². The molecule has 3 N–H and O–H groups in total. The van der Waals surface area contributed by atoms with Crippen LogP contribution in [0.25, 0.3) is 10.9 Å². The average molecular weight is 234 g/mol. The van der Waals surface area contributed by atoms with Crippen LogP contribution in [-0.4, -0.2) is 22.2 Å². The van der Waals surface area contributed by atoms with E-state index in [0.717, 1.165) is 10.9 Å². The summed E-state index contributed by atoms with van der Waals surface area (Å²) in [6.07, 6.45) is 0. The second kappa shape index (κ2) is 3.20. The summed E-state index contributed by atoms with van der Waals surface area (Å²) in [6, 6.07) is 7.68. The third-order valence-corrected chi connectivity index (χ3v) is 3.15. The van der Waals surface area contributed by atoms with E-state index in [1.807, 2.05) is 24.3 Å². The van der Waals surface area contributed by atoms with Gasteiger partial charge in [0.25, 0.3) is 5.91 Å². The molecule has 1 aliphatic rings. The number of nitrogens with one attached hydrogen (secondary N) is 1. The van der Waals surface area contributed by atoms with E-state index >= 15 is 0 Å². The van der Waals surface area contributed by atoms with Gasteiger partial charge >= 0.3 is 0 Å². The Kier molecular flexibility index (Phi) is 1.93. The third-order valence-electron chi connectivity index (χ3n) is 2.75. The van der Waals surface area contributed by atoms with Crippen molar-refractivity contribution in [3.8, 4) is 0 Å². The molecule has 0 radical (unpaired) electrons. The lowest BCUT2D eigenvalue weighted by atomic mass is 10.1. The zero-order chi connectivity index (χ0) is 11.3. The molecule has 0 fully saturated rings. The van der Waals surface area contributed by atoms with E-state index in [1.165, 1.54) is 9.68 Å². The highest BCUT2D eigenvalue weighted by Gasteiger charge is 2.29. The Morgan fingerprint density at radius 3 is 2.94 bits per heavy atom. The fourth-order valence-electron chi connectivity index (χ4n) is 2.00. The van der Waals surface area contributed by atoms with Crippen molar-refractivity contribution in [1.82, 2.24) is 9.65 Å². The maximum absolute atomic E-state index is 12.0. The number of hydrogen-bond acceptors (Lipinski definition) is 3. The topological polar surface area (TPSA) is 65.4 Å². The highest BCUT2D eigenvalue weighted by molar-refractivity contribution is 7.14. The zero-order valence-corrected chi connectivity index (χ0v) is 9.63. The minimum absolute atomic E-state index is 0.0286. The van der Waals surface area contributed by atoms with E-state index in [0.29, 0.717) is 18.1 Å². The summed E-state index contributed by atoms with van der Waals surface area (Å²) < 4.78 is 1.52. The van der Waals surface area contributed by atoms with Crippen molar-refractivity contribution >= 4 is 32.0 Å². The molecule has 16 heavy (non-hydrogen) atoms. The number of rotatable bonds is 0. The Morgan fingerprint density at radius 2 is 2.12 bits per heavy atom. The number of carbonyl (C=O) groups is 1. The monoisotopic (exact) mass is 234 g/mol. The number of nitrogens with two attached hydrogens (primary N) is 1. The highest BCUT2D eigenvalue weighted by atomic mass is 31.0. The number of anilines is 1. The van der Waals surface area contributed by atoms with Crippen LogP contribution in [0.4, 0.5) is 5.82 Å². The van der Waals surface area contributed by atoms with Crippen LogP contribution in [-0.2, 0) is 0 Å². The Morgan fingerprint density at radius 1 is 1.38 bits per heavy atom. The molecule has 1 aromatic heterocycles. The van der Waals surface area contributed by atoms with Gasteiger partial charge in [-0.05, 0) is 15.5 Å². The largest absolute Gasteiger partial charge is 0.340 e. The summed E-state index contributed by atoms with van der Waals surface area (Å²) in [7, 11) is 2.38. The van der Waals surface area contributed by atoms with Gasteiger partial charge in [-0.15, -0.1) is 0 Å². The molecule has 0 saturated heterocycles. The summed E-state index contributed by atoms with van der Waals surface area (Å²) in [4.78, 5) is 15.2. The van der Waals surface area contributed by atoms with Gasteiger partial charge in [0, 0.05) is 10.9 Å². The van der Waals surface area contributed by atoms with Crippen LogP contribution < -0.4 is 10.9 Å². The first-order chi connectivity index (χ1) is 7.68. The second-order valence-corrected chi connectivity index (χ2v) is 4.40. The Hall–Kier alpha value is -1.58. The lowest BCUT2D eigenvalue weighted by Gasteiger charge is -2.30. The molecule has 3 rings (SSSR count). The normalized spacial score (nSPS) is 15.8. The van der Waals surface area contributed by atoms with E-state index in [4.69, 9.17) is 5.84 Å². The molecule has 1 atom stereocenters. The minimum Gasteiger partial charge on any atom is -0.340 e. The number of carbonyl (C=O) groups excluding carboxylic acids is 1. The molecule has 82 valence electrons. The minimum atomic E-state index is -0.0286. The summed E-state index contributed by atoms with van der Waals surface area (Å²) in [5, 5.41) is 2.44. The van der Waals surface area contributed by atoms with E-state index in [9.17, 15) is 4.79 Å². The van der Waals surface area contributed by atoms with Crippen LogP contribution in [0.2, 0.25) is 0 Å². The molecule has 2 aromatic rings. The lowest BCUT2D eigenvalue weighted by molar-refractivity contribution is 0.0863. The number of aromatic nitrogens is 1. The number of nitrogens with zero attached hydrogens (tertiary/aromatic N) is 2. The Bertz CT molecular complexity index is 579. The first kappa shape index (κ1) is 9.63. The van der Waals surface area contributed by atoms with Crippen LogP contribution in [0.15, 0.2) is 24.3 Å². The molecule has 0 bridgehead atoms. The standard InChI is InChI=1S/C10H11N4OP/c11-13-5-14(16)10(15)8-6-3-1-2-4-7(6)12-9(8)13/h1-4,12H,5,11,16H2. The smallest absolute Gasteiger partial charge is 0.262 e. The number of benzene rings is 1. The molecule has 2 heterocycles. The molecule has 0 saturated carbocycles. The maximum atomic E-state index is 12.0. The van der Waals surface area contributed by atoms with E-state index in [2.05, 4.69) is 14.4 Å². The van der Waals surface area contributed by atoms with Gasteiger partial charge in [-0.2, -0.15) is 0 Å². The number of amides is 1. The van der Waals surface area contributed by atoms with Crippen LogP contribution in [0.3, 0.4) is 0 Å². The number of fused-ring (bicyclic) bond motifs is 3. The third kappa shape index (κ3) is 1.16. The van der Waals surface area contributed by atoms with Crippen LogP contribution >= 0.6 is 9.39 Å². The Labute approximate surface area is 94.4 Å². The fourth-order valence-corrected chi connectivity index (χ4v) is 2.31. The summed E-state index contributed by atoms with van der Waals surface area (Å²) in [6.45, 7) is 0.364. The van der Waals surface area contributed by atoms with Gasteiger partial charge in [-0.3, -0.25) is 9.80 Å². The quantitative estimate of drug-likeness (QED) is 0.529. The number of H-pyrrole nitrogens is 1. The maximum Gasteiger partial charge on any atom is 0.262 e. The van der Waals surface area contributed by atoms with Crippen LogP contribution in [0.5, 0.6) is 0 Å². The van der Waals surface area contributed by atoms with Gasteiger partial charge in [-0.1, -0.05) is 18.2 Å². The molecule has 0 spiro atoms. The molecular formula is C10H11N4OP. The molecule has 1 aromatic carbocycles. The zero-order valence-electron chi connectivity index (χ0n) is 8.47. The van der Waals surface area contributed by atoms with Crippen LogP contribution in [0, 0.1) is 0 Å². The number of aromatic amines is 1. The number of hydrogen-bond donors (Lipinski definition) is 2. The lowest BCUT2D eigenvalue weighted by Crippen LogP contribution is -2.45. The van der Waals surface area contributed by atoms with E-state index in [1.54, 1.807) is 0 Å². The summed E-state index contributed by atoms with van der Waals surface area (Å²) in [5.41, 5.74) is 1.57.